The van der Waals surface area contributed by atoms with Crippen LogP contribution in [0.1, 0.15) is 31.3 Å². The zero-order valence-electron chi connectivity index (χ0n) is 8.43. The Kier molecular flexibility index (Phi) is 4.60. The number of hydrogen-bond acceptors (Lipinski definition) is 3. The number of thioether (sulfide) groups is 1. The fourth-order valence-electron chi connectivity index (χ4n) is 1.13. The second-order valence-electron chi connectivity index (χ2n) is 3.30. The molecule has 14 heavy (non-hydrogen) atoms. The minimum atomic E-state index is 0.426. The van der Waals surface area contributed by atoms with E-state index in [0.717, 1.165) is 21.7 Å². The van der Waals surface area contributed by atoms with Crippen LogP contribution in [0.15, 0.2) is 4.47 Å². The first-order chi connectivity index (χ1) is 6.56. The monoisotopic (exact) mass is 292 g/mol. The van der Waals surface area contributed by atoms with E-state index in [2.05, 4.69) is 46.0 Å². The molecule has 1 N–H and O–H groups in total. The maximum absolute atomic E-state index is 5.17. The van der Waals surface area contributed by atoms with E-state index in [1.54, 1.807) is 11.8 Å². The number of aromatic amines is 1. The summed E-state index contributed by atoms with van der Waals surface area (Å²) in [6.45, 7) is 4.27. The van der Waals surface area contributed by atoms with Crippen molar-refractivity contribution in [2.24, 2.45) is 0 Å². The Morgan fingerprint density at radius 1 is 1.57 bits per heavy atom. The summed E-state index contributed by atoms with van der Waals surface area (Å²) >= 11 is 10.4. The van der Waals surface area contributed by atoms with Crippen LogP contribution < -0.4 is 0 Å². The molecule has 0 bridgehead atoms. The lowest BCUT2D eigenvalue weighted by atomic mass is 10.1. The van der Waals surface area contributed by atoms with Crippen molar-refractivity contribution in [3.8, 4) is 0 Å². The van der Waals surface area contributed by atoms with Crippen molar-refractivity contribution < 1.29 is 0 Å². The average Bonchev–Trinajstić information content (AvgIpc) is 2.11. The highest BCUT2D eigenvalue weighted by molar-refractivity contribution is 9.10. The van der Waals surface area contributed by atoms with Crippen molar-refractivity contribution in [3.63, 3.8) is 0 Å². The lowest BCUT2D eigenvalue weighted by molar-refractivity contribution is 0.789. The smallest absolute Gasteiger partial charge is 0.144 e. The molecule has 0 aliphatic rings. The topological polar surface area (TPSA) is 28.7 Å². The van der Waals surface area contributed by atoms with E-state index in [1.165, 1.54) is 0 Å². The number of hydrogen-bond donors (Lipinski definition) is 1. The van der Waals surface area contributed by atoms with Crippen LogP contribution >= 0.6 is 39.9 Å². The third-order valence-electron chi connectivity index (χ3n) is 1.80. The number of rotatable bonds is 3. The molecule has 1 rings (SSSR count). The van der Waals surface area contributed by atoms with Crippen LogP contribution in [0.2, 0.25) is 0 Å². The van der Waals surface area contributed by atoms with E-state index in [-0.39, 0.29) is 0 Å². The van der Waals surface area contributed by atoms with Crippen LogP contribution in [0.3, 0.4) is 0 Å². The summed E-state index contributed by atoms with van der Waals surface area (Å²) < 4.78 is 1.57. The van der Waals surface area contributed by atoms with Crippen molar-refractivity contribution in [2.75, 3.05) is 6.26 Å². The van der Waals surface area contributed by atoms with E-state index >= 15 is 0 Å². The molecular formula is C9H13BrN2S2. The molecule has 2 nitrogen and oxygen atoms in total. The fraction of sp³-hybridized carbons (Fsp3) is 0.556. The molecule has 1 aromatic rings. The predicted octanol–water partition coefficient (Wildman–Crippen LogP) is 3.89. The maximum Gasteiger partial charge on any atom is 0.144 e. The number of nitrogens with zero attached hydrogens (tertiary/aromatic N) is 1. The van der Waals surface area contributed by atoms with E-state index in [0.29, 0.717) is 10.6 Å². The highest BCUT2D eigenvalue weighted by Crippen LogP contribution is 2.23. The lowest BCUT2D eigenvalue weighted by Crippen LogP contribution is -2.02. The highest BCUT2D eigenvalue weighted by Gasteiger charge is 2.09. The SMILES string of the molecule is CSCc1nc(=S)c(Br)c(C(C)C)[nH]1. The standard InChI is InChI=1S/C9H13BrN2S2/c1-5(2)8-7(10)9(13)12-6(11-8)4-14-3/h5H,4H2,1-3H3,(H,11,12,13). The molecule has 0 aliphatic carbocycles. The van der Waals surface area contributed by atoms with Gasteiger partial charge in [0.05, 0.1) is 10.2 Å². The molecule has 1 aromatic heterocycles. The molecule has 0 unspecified atom stereocenters. The summed E-state index contributed by atoms with van der Waals surface area (Å²) in [4.78, 5) is 7.61. The molecule has 0 spiro atoms. The Morgan fingerprint density at radius 3 is 2.71 bits per heavy atom. The third kappa shape index (κ3) is 2.81. The second kappa shape index (κ2) is 5.28. The minimum absolute atomic E-state index is 0.426. The summed E-state index contributed by atoms with van der Waals surface area (Å²) in [6.07, 6.45) is 2.05. The molecule has 0 atom stereocenters. The summed E-state index contributed by atoms with van der Waals surface area (Å²) in [5, 5.41) is 0. The molecule has 0 radical (unpaired) electrons. The van der Waals surface area contributed by atoms with Crippen molar-refractivity contribution >= 4 is 39.9 Å². The quantitative estimate of drug-likeness (QED) is 0.857. The molecule has 0 saturated heterocycles. The molecule has 1 heterocycles. The van der Waals surface area contributed by atoms with Gasteiger partial charge < -0.3 is 4.98 Å². The van der Waals surface area contributed by atoms with Gasteiger partial charge in [-0.2, -0.15) is 11.8 Å². The first kappa shape index (κ1) is 12.2. The van der Waals surface area contributed by atoms with E-state index in [9.17, 15) is 0 Å². The zero-order valence-corrected chi connectivity index (χ0v) is 11.6. The molecule has 0 amide bonds. The first-order valence-electron chi connectivity index (χ1n) is 4.33. The van der Waals surface area contributed by atoms with Gasteiger partial charge in [0.25, 0.3) is 0 Å². The van der Waals surface area contributed by atoms with Gasteiger partial charge in [0.2, 0.25) is 0 Å². The number of halogens is 1. The third-order valence-corrected chi connectivity index (χ3v) is 3.72. The van der Waals surface area contributed by atoms with Crippen LogP contribution in [-0.4, -0.2) is 16.2 Å². The number of H-pyrrole nitrogens is 1. The van der Waals surface area contributed by atoms with Gasteiger partial charge >= 0.3 is 0 Å². The van der Waals surface area contributed by atoms with Crippen molar-refractivity contribution in [1.29, 1.82) is 0 Å². The molecule has 0 fully saturated rings. The van der Waals surface area contributed by atoms with E-state index < -0.39 is 0 Å². The van der Waals surface area contributed by atoms with E-state index in [4.69, 9.17) is 12.2 Å². The van der Waals surface area contributed by atoms with Gasteiger partial charge in [0.1, 0.15) is 10.5 Å². The minimum Gasteiger partial charge on any atom is -0.345 e. The van der Waals surface area contributed by atoms with Gasteiger partial charge in [-0.25, -0.2) is 4.98 Å². The Bertz CT molecular complexity index is 374. The Labute approximate surface area is 102 Å². The van der Waals surface area contributed by atoms with Gasteiger partial charge in [0.15, 0.2) is 0 Å². The predicted molar refractivity (Wildman–Crippen MR) is 68.4 cm³/mol. The van der Waals surface area contributed by atoms with Crippen molar-refractivity contribution in [2.45, 2.75) is 25.5 Å². The van der Waals surface area contributed by atoms with Gasteiger partial charge in [-0.15, -0.1) is 0 Å². The highest BCUT2D eigenvalue weighted by atomic mass is 79.9. The maximum atomic E-state index is 5.17. The summed E-state index contributed by atoms with van der Waals surface area (Å²) in [5.74, 6) is 2.25. The molecule has 78 valence electrons. The molecular weight excluding hydrogens is 280 g/mol. The fourth-order valence-corrected chi connectivity index (χ4v) is 2.40. The lowest BCUT2D eigenvalue weighted by Gasteiger charge is -2.10. The normalized spacial score (nSPS) is 10.9. The Morgan fingerprint density at radius 2 is 2.21 bits per heavy atom. The van der Waals surface area contributed by atoms with Crippen LogP contribution in [0.25, 0.3) is 0 Å². The van der Waals surface area contributed by atoms with Gasteiger partial charge in [-0.05, 0) is 28.1 Å². The summed E-state index contributed by atoms with van der Waals surface area (Å²) in [6, 6.07) is 0. The van der Waals surface area contributed by atoms with Crippen LogP contribution in [0.4, 0.5) is 0 Å². The summed E-state index contributed by atoms with van der Waals surface area (Å²) in [5.41, 5.74) is 1.13. The molecule has 0 saturated carbocycles. The Hall–Kier alpha value is 0.130. The summed E-state index contributed by atoms with van der Waals surface area (Å²) in [7, 11) is 0. The first-order valence-corrected chi connectivity index (χ1v) is 6.93. The molecule has 5 heteroatoms. The van der Waals surface area contributed by atoms with Crippen molar-refractivity contribution in [3.05, 3.63) is 20.6 Å². The average molecular weight is 293 g/mol. The van der Waals surface area contributed by atoms with Gasteiger partial charge in [-0.3, -0.25) is 0 Å². The van der Waals surface area contributed by atoms with Crippen LogP contribution in [-0.2, 0) is 5.75 Å². The van der Waals surface area contributed by atoms with Gasteiger partial charge in [0, 0.05) is 5.69 Å². The molecule has 0 aromatic carbocycles. The van der Waals surface area contributed by atoms with Crippen molar-refractivity contribution in [1.82, 2.24) is 9.97 Å². The largest absolute Gasteiger partial charge is 0.345 e. The number of nitrogens with one attached hydrogen (secondary N) is 1. The van der Waals surface area contributed by atoms with Gasteiger partial charge in [-0.1, -0.05) is 26.1 Å². The molecule has 0 aliphatic heterocycles. The van der Waals surface area contributed by atoms with E-state index in [1.807, 2.05) is 0 Å². The number of aromatic nitrogens is 2. The van der Waals surface area contributed by atoms with Crippen LogP contribution in [0, 0.1) is 4.64 Å². The second-order valence-corrected chi connectivity index (χ2v) is 5.35. The zero-order chi connectivity index (χ0) is 10.7. The van der Waals surface area contributed by atoms with Crippen LogP contribution in [0.5, 0.6) is 0 Å². The Balaban J connectivity index is 3.21.